The molecule has 1 atom stereocenters. The van der Waals surface area contributed by atoms with Crippen molar-refractivity contribution in [3.8, 4) is 5.75 Å². The Labute approximate surface area is 127 Å². The molecular weight excluding hydrogens is 355 g/mol. The number of Topliss-reactive ketones (excluding diaryl/α,β-unsaturated/α-hetero) is 1. The van der Waals surface area contributed by atoms with E-state index in [9.17, 15) is 9.18 Å². The molecule has 0 aliphatic carbocycles. The first-order valence-electron chi connectivity index (χ1n) is 5.38. The van der Waals surface area contributed by atoms with Gasteiger partial charge in [0.15, 0.2) is 6.10 Å². The number of carbonyl (C=O) groups excluding carboxylic acids is 1. The van der Waals surface area contributed by atoms with E-state index in [1.165, 1.54) is 23.5 Å². The number of hydrogen-bond donors (Lipinski definition) is 0. The summed E-state index contributed by atoms with van der Waals surface area (Å²) in [6, 6.07) is 7.67. The molecule has 0 saturated carbocycles. The van der Waals surface area contributed by atoms with E-state index in [0.29, 0.717) is 19.4 Å². The lowest BCUT2D eigenvalue weighted by Gasteiger charge is -2.13. The molecule has 19 heavy (non-hydrogen) atoms. The molecule has 0 aliphatic heterocycles. The van der Waals surface area contributed by atoms with Crippen LogP contribution >= 0.6 is 38.9 Å². The zero-order chi connectivity index (χ0) is 14.0. The molecule has 0 spiro atoms. The molecule has 0 fully saturated rings. The zero-order valence-electron chi connectivity index (χ0n) is 9.82. The summed E-state index contributed by atoms with van der Waals surface area (Å²) >= 11 is 10.0. The van der Waals surface area contributed by atoms with E-state index in [1.807, 2.05) is 0 Å². The van der Waals surface area contributed by atoms with Gasteiger partial charge in [0, 0.05) is 6.07 Å². The Morgan fingerprint density at radius 1 is 1.42 bits per heavy atom. The molecule has 1 aromatic heterocycles. The highest BCUT2D eigenvalue weighted by molar-refractivity contribution is 9.10. The van der Waals surface area contributed by atoms with Crippen LogP contribution in [0, 0.1) is 5.82 Å². The van der Waals surface area contributed by atoms with Gasteiger partial charge in [0.2, 0.25) is 5.78 Å². The molecule has 2 aromatic rings. The summed E-state index contributed by atoms with van der Waals surface area (Å²) in [4.78, 5) is 12.6. The predicted molar refractivity (Wildman–Crippen MR) is 77.8 cm³/mol. The van der Waals surface area contributed by atoms with Gasteiger partial charge in [0.05, 0.1) is 13.7 Å². The zero-order valence-corrected chi connectivity index (χ0v) is 13.0. The fourth-order valence-corrected chi connectivity index (χ4v) is 2.76. The quantitative estimate of drug-likeness (QED) is 0.718. The average Bonchev–Trinajstić information content (AvgIpc) is 2.79. The third-order valence-corrected chi connectivity index (χ3v) is 4.28. The molecule has 2 rings (SSSR count). The fourth-order valence-electron chi connectivity index (χ4n) is 1.45. The van der Waals surface area contributed by atoms with Crippen molar-refractivity contribution in [3.05, 3.63) is 49.8 Å². The smallest absolute Gasteiger partial charge is 0.212 e. The molecule has 0 radical (unpaired) electrons. The van der Waals surface area contributed by atoms with Crippen LogP contribution in [0.25, 0.3) is 0 Å². The highest BCUT2D eigenvalue weighted by Crippen LogP contribution is 2.25. The summed E-state index contributed by atoms with van der Waals surface area (Å²) in [5.74, 6) is -0.305. The van der Waals surface area contributed by atoms with Crippen LogP contribution in [0.5, 0.6) is 5.75 Å². The van der Waals surface area contributed by atoms with Gasteiger partial charge in [-0.25, -0.2) is 4.39 Å². The number of hydrogen-bond acceptors (Lipinski definition) is 3. The Balaban J connectivity index is 2.10. The van der Waals surface area contributed by atoms with E-state index in [1.54, 1.807) is 25.1 Å². The Morgan fingerprint density at radius 3 is 2.74 bits per heavy atom. The molecule has 100 valence electrons. The standard InChI is InChI=1S/C13H9BrClFO2S/c1-7(13(17)11-4-5-12(15)19-11)18-8-2-3-9(14)10(16)6-8/h2-7H,1H3. The van der Waals surface area contributed by atoms with Gasteiger partial charge in [-0.05, 0) is 47.1 Å². The summed E-state index contributed by atoms with van der Waals surface area (Å²) in [6.07, 6.45) is -0.699. The molecule has 0 N–H and O–H groups in total. The van der Waals surface area contributed by atoms with Crippen molar-refractivity contribution in [1.82, 2.24) is 0 Å². The first kappa shape index (κ1) is 14.5. The van der Waals surface area contributed by atoms with Gasteiger partial charge in [-0.15, -0.1) is 11.3 Å². The van der Waals surface area contributed by atoms with E-state index in [0.717, 1.165) is 0 Å². The number of rotatable bonds is 4. The van der Waals surface area contributed by atoms with Gasteiger partial charge >= 0.3 is 0 Å². The Kier molecular flexibility index (Phi) is 4.60. The van der Waals surface area contributed by atoms with Crippen LogP contribution in [-0.2, 0) is 0 Å². The minimum Gasteiger partial charge on any atom is -0.482 e. The van der Waals surface area contributed by atoms with E-state index < -0.39 is 11.9 Å². The number of halogens is 3. The van der Waals surface area contributed by atoms with Gasteiger partial charge < -0.3 is 4.74 Å². The predicted octanol–water partition coefficient (Wildman–Crippen LogP) is 4.95. The average molecular weight is 364 g/mol. The number of carbonyl (C=O) groups is 1. The second-order valence-corrected chi connectivity index (χ2v) is 6.37. The van der Waals surface area contributed by atoms with Crippen LogP contribution < -0.4 is 4.74 Å². The van der Waals surface area contributed by atoms with Gasteiger partial charge in [0.25, 0.3) is 0 Å². The first-order valence-corrected chi connectivity index (χ1v) is 7.37. The highest BCUT2D eigenvalue weighted by atomic mass is 79.9. The van der Waals surface area contributed by atoms with Crippen LogP contribution in [0.15, 0.2) is 34.8 Å². The molecule has 0 amide bonds. The molecule has 6 heteroatoms. The SMILES string of the molecule is CC(Oc1ccc(Br)c(F)c1)C(=O)c1ccc(Cl)s1. The van der Waals surface area contributed by atoms with Gasteiger partial charge in [-0.1, -0.05) is 11.6 Å². The Bertz CT molecular complexity index is 614. The van der Waals surface area contributed by atoms with E-state index in [-0.39, 0.29) is 5.78 Å². The van der Waals surface area contributed by atoms with Gasteiger partial charge in [-0.2, -0.15) is 0 Å². The van der Waals surface area contributed by atoms with Crippen LogP contribution in [0.3, 0.4) is 0 Å². The van der Waals surface area contributed by atoms with Crippen LogP contribution in [0.4, 0.5) is 4.39 Å². The summed E-state index contributed by atoms with van der Waals surface area (Å²) in [5, 5.41) is 0. The van der Waals surface area contributed by atoms with Crippen LogP contribution in [-0.4, -0.2) is 11.9 Å². The molecule has 1 unspecified atom stereocenters. The molecule has 2 nitrogen and oxygen atoms in total. The lowest BCUT2D eigenvalue weighted by molar-refractivity contribution is 0.0822. The number of thiophene rings is 1. The number of benzene rings is 1. The minimum absolute atomic E-state index is 0.180. The van der Waals surface area contributed by atoms with Crippen molar-refractivity contribution in [2.24, 2.45) is 0 Å². The van der Waals surface area contributed by atoms with E-state index in [4.69, 9.17) is 16.3 Å². The molecule has 1 heterocycles. The summed E-state index contributed by atoms with van der Waals surface area (Å²) in [5.41, 5.74) is 0. The fraction of sp³-hybridized carbons (Fsp3) is 0.154. The van der Waals surface area contributed by atoms with Crippen molar-refractivity contribution in [1.29, 1.82) is 0 Å². The largest absolute Gasteiger partial charge is 0.482 e. The van der Waals surface area contributed by atoms with Crippen molar-refractivity contribution in [2.75, 3.05) is 0 Å². The minimum atomic E-state index is -0.699. The second kappa shape index (κ2) is 6.03. The third kappa shape index (κ3) is 3.55. The van der Waals surface area contributed by atoms with Crippen molar-refractivity contribution >= 4 is 44.7 Å². The van der Waals surface area contributed by atoms with Crippen LogP contribution in [0.1, 0.15) is 16.6 Å². The summed E-state index contributed by atoms with van der Waals surface area (Å²) in [7, 11) is 0. The van der Waals surface area contributed by atoms with Gasteiger partial charge in [-0.3, -0.25) is 4.79 Å². The van der Waals surface area contributed by atoms with Gasteiger partial charge in [0.1, 0.15) is 11.6 Å². The van der Waals surface area contributed by atoms with Crippen molar-refractivity contribution in [2.45, 2.75) is 13.0 Å². The maximum atomic E-state index is 13.3. The maximum absolute atomic E-state index is 13.3. The van der Waals surface area contributed by atoms with E-state index in [2.05, 4.69) is 15.9 Å². The molecule has 0 bridgehead atoms. The van der Waals surface area contributed by atoms with E-state index >= 15 is 0 Å². The number of ether oxygens (including phenoxy) is 1. The molecule has 1 aromatic carbocycles. The first-order chi connectivity index (χ1) is 8.97. The monoisotopic (exact) mass is 362 g/mol. The van der Waals surface area contributed by atoms with Crippen molar-refractivity contribution in [3.63, 3.8) is 0 Å². The molecule has 0 saturated heterocycles. The Morgan fingerprint density at radius 2 is 2.16 bits per heavy atom. The normalized spacial score (nSPS) is 12.2. The molecular formula is C13H9BrClFO2S. The topological polar surface area (TPSA) is 26.3 Å². The number of ketones is 1. The second-order valence-electron chi connectivity index (χ2n) is 3.80. The Hall–Kier alpha value is -0.910. The third-order valence-electron chi connectivity index (χ3n) is 2.39. The van der Waals surface area contributed by atoms with Crippen molar-refractivity contribution < 1.29 is 13.9 Å². The van der Waals surface area contributed by atoms with Crippen LogP contribution in [0.2, 0.25) is 4.34 Å². The maximum Gasteiger partial charge on any atom is 0.212 e. The lowest BCUT2D eigenvalue weighted by atomic mass is 10.2. The summed E-state index contributed by atoms with van der Waals surface area (Å²) < 4.78 is 19.7. The summed E-state index contributed by atoms with van der Waals surface area (Å²) in [6.45, 7) is 1.62. The highest BCUT2D eigenvalue weighted by Gasteiger charge is 2.19. The lowest BCUT2D eigenvalue weighted by Crippen LogP contribution is -2.23. The molecule has 0 aliphatic rings.